The van der Waals surface area contributed by atoms with Gasteiger partial charge in [0.15, 0.2) is 0 Å². The number of likely N-dealkylation sites (tertiary alicyclic amines) is 1. The van der Waals surface area contributed by atoms with E-state index in [-0.39, 0.29) is 29.7 Å². The summed E-state index contributed by atoms with van der Waals surface area (Å²) in [6, 6.07) is 7.46. The quantitative estimate of drug-likeness (QED) is 0.784. The summed E-state index contributed by atoms with van der Waals surface area (Å²) in [5, 5.41) is 4.94. The van der Waals surface area contributed by atoms with E-state index in [2.05, 4.69) is 19.2 Å². The third-order valence-electron chi connectivity index (χ3n) is 6.30. The first-order valence-electron chi connectivity index (χ1n) is 9.55. The van der Waals surface area contributed by atoms with Gasteiger partial charge in [-0.1, -0.05) is 45.4 Å². The van der Waals surface area contributed by atoms with Crippen LogP contribution >= 0.6 is 0 Å². The summed E-state index contributed by atoms with van der Waals surface area (Å²) in [5.74, 6) is -1.32. The van der Waals surface area contributed by atoms with Crippen molar-refractivity contribution >= 4 is 23.4 Å². The lowest BCUT2D eigenvalue weighted by molar-refractivity contribution is -0.738. The smallest absolute Gasteiger partial charge is 0.291 e. The molecule has 0 aliphatic carbocycles. The molecule has 26 heavy (non-hydrogen) atoms. The van der Waals surface area contributed by atoms with Gasteiger partial charge in [-0.15, -0.1) is 0 Å². The van der Waals surface area contributed by atoms with Gasteiger partial charge in [0.2, 0.25) is 17.4 Å². The van der Waals surface area contributed by atoms with E-state index < -0.39 is 17.4 Å². The number of hydrogen-bond acceptors (Lipinski definition) is 3. The zero-order valence-corrected chi connectivity index (χ0v) is 15.5. The van der Waals surface area contributed by atoms with Crippen LogP contribution in [0.15, 0.2) is 24.3 Å². The van der Waals surface area contributed by atoms with Crippen LogP contribution in [-0.2, 0) is 19.9 Å². The van der Waals surface area contributed by atoms with Crippen molar-refractivity contribution in [2.24, 2.45) is 17.8 Å². The molecule has 6 heteroatoms. The molecule has 138 valence electrons. The third-order valence-corrected chi connectivity index (χ3v) is 6.30. The first-order valence-corrected chi connectivity index (χ1v) is 9.55. The highest BCUT2D eigenvalue weighted by Crippen LogP contribution is 2.49. The molecule has 4 atom stereocenters. The minimum absolute atomic E-state index is 0.0833. The number of nitrogens with two attached hydrogens (primary N) is 1. The van der Waals surface area contributed by atoms with Crippen LogP contribution in [0.3, 0.4) is 0 Å². The van der Waals surface area contributed by atoms with Gasteiger partial charge in [0, 0.05) is 18.0 Å². The van der Waals surface area contributed by atoms with Crippen LogP contribution in [0, 0.1) is 17.8 Å². The number of nitrogens with one attached hydrogen (secondary N) is 1. The van der Waals surface area contributed by atoms with Crippen LogP contribution in [0.5, 0.6) is 0 Å². The molecule has 3 N–H and O–H groups in total. The number of imide groups is 1. The van der Waals surface area contributed by atoms with Gasteiger partial charge in [0.25, 0.3) is 5.91 Å². The van der Waals surface area contributed by atoms with E-state index in [9.17, 15) is 14.4 Å². The van der Waals surface area contributed by atoms with E-state index in [0.717, 1.165) is 24.1 Å². The van der Waals surface area contributed by atoms with Crippen LogP contribution in [-0.4, -0.2) is 35.2 Å². The van der Waals surface area contributed by atoms with E-state index >= 15 is 0 Å². The number of para-hydroxylation sites is 1. The van der Waals surface area contributed by atoms with Crippen molar-refractivity contribution in [2.75, 3.05) is 11.9 Å². The molecule has 1 aromatic rings. The Morgan fingerprint density at radius 1 is 1.19 bits per heavy atom. The monoisotopic (exact) mass is 356 g/mol. The minimum Gasteiger partial charge on any atom is -0.326 e. The lowest BCUT2D eigenvalue weighted by Gasteiger charge is -2.27. The maximum absolute atomic E-state index is 13.3. The maximum Gasteiger partial charge on any atom is 0.291 e. The molecule has 0 radical (unpaired) electrons. The summed E-state index contributed by atoms with van der Waals surface area (Å²) >= 11 is 0. The van der Waals surface area contributed by atoms with Gasteiger partial charge in [0.05, 0.1) is 5.69 Å². The number of fused-ring (bicyclic) bond motifs is 4. The molecular formula is C20H26N3O3+. The zero-order valence-electron chi connectivity index (χ0n) is 15.5. The molecule has 0 aromatic heterocycles. The molecule has 3 heterocycles. The summed E-state index contributed by atoms with van der Waals surface area (Å²) in [5.41, 5.74) is 0.565. The van der Waals surface area contributed by atoms with E-state index in [1.54, 1.807) is 0 Å². The van der Waals surface area contributed by atoms with Crippen molar-refractivity contribution in [2.45, 2.75) is 45.2 Å². The van der Waals surface area contributed by atoms with E-state index in [0.29, 0.717) is 6.54 Å². The Bertz CT molecular complexity index is 790. The van der Waals surface area contributed by atoms with Crippen LogP contribution in [0.2, 0.25) is 0 Å². The third kappa shape index (κ3) is 2.05. The highest BCUT2D eigenvalue weighted by Gasteiger charge is 2.74. The summed E-state index contributed by atoms with van der Waals surface area (Å²) in [4.78, 5) is 41.0. The number of hydrogen-bond donors (Lipinski definition) is 2. The normalized spacial score (nSPS) is 32.5. The van der Waals surface area contributed by atoms with Gasteiger partial charge >= 0.3 is 0 Å². The number of rotatable bonds is 4. The summed E-state index contributed by atoms with van der Waals surface area (Å²) in [6.07, 6.45) is 1.71. The molecule has 2 fully saturated rings. The average molecular weight is 356 g/mol. The lowest BCUT2D eigenvalue weighted by Crippen LogP contribution is -2.99. The fourth-order valence-corrected chi connectivity index (χ4v) is 5.05. The van der Waals surface area contributed by atoms with Gasteiger partial charge in [-0.25, -0.2) is 0 Å². The molecule has 0 bridgehead atoms. The van der Waals surface area contributed by atoms with Crippen LogP contribution < -0.4 is 10.6 Å². The second kappa shape index (κ2) is 5.91. The van der Waals surface area contributed by atoms with Crippen LogP contribution in [0.1, 0.15) is 39.2 Å². The van der Waals surface area contributed by atoms with Gasteiger partial charge in [-0.05, 0) is 12.5 Å². The van der Waals surface area contributed by atoms with E-state index in [1.165, 1.54) is 4.90 Å². The number of amides is 3. The van der Waals surface area contributed by atoms with E-state index in [4.69, 9.17) is 0 Å². The topological polar surface area (TPSA) is 83.1 Å². The number of carbonyl (C=O) groups excluding carboxylic acids is 3. The molecule has 3 aliphatic rings. The van der Waals surface area contributed by atoms with Crippen molar-refractivity contribution in [3.05, 3.63) is 29.8 Å². The summed E-state index contributed by atoms with van der Waals surface area (Å²) in [7, 11) is 0. The largest absolute Gasteiger partial charge is 0.326 e. The molecule has 1 aromatic carbocycles. The number of anilines is 1. The minimum atomic E-state index is -1.02. The fraction of sp³-hybridized carbons (Fsp3) is 0.550. The molecule has 3 aliphatic heterocycles. The number of benzene rings is 1. The highest BCUT2D eigenvalue weighted by molar-refractivity contribution is 6.13. The Morgan fingerprint density at radius 3 is 2.62 bits per heavy atom. The number of quaternary nitrogens is 1. The molecule has 0 unspecified atom stereocenters. The van der Waals surface area contributed by atoms with Crippen molar-refractivity contribution in [1.29, 1.82) is 0 Å². The Hall–Kier alpha value is -2.21. The summed E-state index contributed by atoms with van der Waals surface area (Å²) in [6.45, 7) is 6.61. The average Bonchev–Trinajstić information content (AvgIpc) is 3.20. The summed E-state index contributed by atoms with van der Waals surface area (Å²) < 4.78 is 0. The lowest BCUT2D eigenvalue weighted by atomic mass is 9.76. The molecule has 2 saturated heterocycles. The van der Waals surface area contributed by atoms with Crippen molar-refractivity contribution in [3.63, 3.8) is 0 Å². The maximum atomic E-state index is 13.3. The Kier molecular flexibility index (Phi) is 3.91. The first-order chi connectivity index (χ1) is 12.4. The van der Waals surface area contributed by atoms with Gasteiger partial charge in [0.1, 0.15) is 17.9 Å². The number of nitrogens with zero attached hydrogens (tertiary/aromatic N) is 1. The van der Waals surface area contributed by atoms with Crippen molar-refractivity contribution < 1.29 is 19.7 Å². The number of unbranched alkanes of at least 4 members (excludes halogenated alkanes) is 1. The highest BCUT2D eigenvalue weighted by atomic mass is 16.2. The molecule has 4 rings (SSSR count). The molecule has 3 amide bonds. The molecular weight excluding hydrogens is 330 g/mol. The molecule has 0 saturated carbocycles. The predicted molar refractivity (Wildman–Crippen MR) is 95.9 cm³/mol. The second-order valence-corrected chi connectivity index (χ2v) is 8.04. The van der Waals surface area contributed by atoms with Gasteiger partial charge in [-0.2, -0.15) is 0 Å². The van der Waals surface area contributed by atoms with Gasteiger partial charge in [-0.3, -0.25) is 19.3 Å². The Balaban J connectivity index is 1.85. The second-order valence-electron chi connectivity index (χ2n) is 8.04. The van der Waals surface area contributed by atoms with Crippen molar-refractivity contribution in [3.8, 4) is 0 Å². The standard InChI is InChI=1S/C20H25N3O3/c1-4-5-10-23-17(24)14-15(18(23)25)20(22-16(14)11(2)3)12-8-6-7-9-13(12)21-19(20)26/h6-9,11,14-16,22H,4-5,10H2,1-3H3,(H,21,26)/p+1/t14-,15-,16-,20-/m0/s1. The van der Waals surface area contributed by atoms with Crippen LogP contribution in [0.25, 0.3) is 0 Å². The Morgan fingerprint density at radius 2 is 1.92 bits per heavy atom. The Labute approximate surface area is 153 Å². The predicted octanol–water partition coefficient (Wildman–Crippen LogP) is 0.837. The van der Waals surface area contributed by atoms with E-state index in [1.807, 2.05) is 36.5 Å². The fourth-order valence-electron chi connectivity index (χ4n) is 5.05. The SMILES string of the molecule is CCCCN1C(=O)[C@H]2[C@@H](C1=O)[C@]1([NH2+][C@H]2C(C)C)C(=O)Nc2ccccc21. The van der Waals surface area contributed by atoms with Crippen molar-refractivity contribution in [1.82, 2.24) is 4.90 Å². The zero-order chi connectivity index (χ0) is 18.6. The van der Waals surface area contributed by atoms with Gasteiger partial charge < -0.3 is 10.6 Å². The van der Waals surface area contributed by atoms with Crippen LogP contribution in [0.4, 0.5) is 5.69 Å². The first kappa shape index (κ1) is 17.2. The molecule has 1 spiro atoms. The number of carbonyl (C=O) groups is 3. The molecule has 6 nitrogen and oxygen atoms in total.